The van der Waals surface area contributed by atoms with E-state index in [1.807, 2.05) is 0 Å². The molecule has 2 N–H and O–H groups in total. The maximum atomic E-state index is 11.3. The number of piperidine rings is 1. The molecule has 6 nitrogen and oxygen atoms in total. The molecule has 0 saturated carbocycles. The van der Waals surface area contributed by atoms with Crippen molar-refractivity contribution >= 4 is 11.8 Å². The molecular formula is C14H24N4O2. The number of hydrogen-bond acceptors (Lipinski definition) is 4. The molecule has 0 bridgehead atoms. The van der Waals surface area contributed by atoms with E-state index in [4.69, 9.17) is 0 Å². The van der Waals surface area contributed by atoms with E-state index in [0.29, 0.717) is 11.5 Å². The van der Waals surface area contributed by atoms with Gasteiger partial charge in [-0.2, -0.15) is 5.10 Å². The van der Waals surface area contributed by atoms with Crippen molar-refractivity contribution < 1.29 is 9.90 Å². The van der Waals surface area contributed by atoms with E-state index in [-0.39, 0.29) is 11.6 Å². The summed E-state index contributed by atoms with van der Waals surface area (Å²) in [5.41, 5.74) is 0.825. The van der Waals surface area contributed by atoms with Crippen molar-refractivity contribution in [1.82, 2.24) is 14.7 Å². The molecule has 6 heteroatoms. The van der Waals surface area contributed by atoms with E-state index in [2.05, 4.69) is 22.2 Å². The Morgan fingerprint density at radius 2 is 2.05 bits per heavy atom. The number of hydrogen-bond donors (Lipinski definition) is 2. The van der Waals surface area contributed by atoms with Gasteiger partial charge < -0.3 is 15.3 Å². The number of carboxylic acid groups (broad SMARTS) is 1. The molecule has 0 spiro atoms. The Bertz CT molecular complexity index is 478. The smallest absolute Gasteiger partial charge is 0.341 e. The summed E-state index contributed by atoms with van der Waals surface area (Å²) >= 11 is 0. The summed E-state index contributed by atoms with van der Waals surface area (Å²) in [5.74, 6) is -0.331. The average Bonchev–Trinajstić information content (AvgIpc) is 2.65. The Morgan fingerprint density at radius 3 is 2.65 bits per heavy atom. The van der Waals surface area contributed by atoms with Gasteiger partial charge >= 0.3 is 5.97 Å². The summed E-state index contributed by atoms with van der Waals surface area (Å²) < 4.78 is 1.62. The Hall–Kier alpha value is -1.56. The summed E-state index contributed by atoms with van der Waals surface area (Å²) in [6.45, 7) is 7.03. The molecular weight excluding hydrogens is 256 g/mol. The van der Waals surface area contributed by atoms with Crippen LogP contribution in [0.5, 0.6) is 0 Å². The molecule has 0 radical (unpaired) electrons. The highest BCUT2D eigenvalue weighted by atomic mass is 16.4. The lowest BCUT2D eigenvalue weighted by Gasteiger charge is -2.29. The molecule has 1 saturated heterocycles. The van der Waals surface area contributed by atoms with Crippen molar-refractivity contribution in [3.63, 3.8) is 0 Å². The molecule has 1 atom stereocenters. The molecule has 1 aromatic rings. The molecule has 1 aliphatic rings. The van der Waals surface area contributed by atoms with Crippen LogP contribution in [0.15, 0.2) is 0 Å². The van der Waals surface area contributed by atoms with Crippen LogP contribution in [0.4, 0.5) is 5.82 Å². The van der Waals surface area contributed by atoms with E-state index in [9.17, 15) is 9.90 Å². The van der Waals surface area contributed by atoms with E-state index >= 15 is 0 Å². The monoisotopic (exact) mass is 280 g/mol. The average molecular weight is 280 g/mol. The van der Waals surface area contributed by atoms with Crippen LogP contribution in [-0.4, -0.2) is 51.4 Å². The summed E-state index contributed by atoms with van der Waals surface area (Å²) in [4.78, 5) is 13.8. The number of likely N-dealkylation sites (tertiary alicyclic amines) is 1. The SMILES string of the molecule is Cc1nn(C)c(NC(C)CN2CCCCC2)c1C(=O)O. The molecule has 1 unspecified atom stereocenters. The van der Waals surface area contributed by atoms with Crippen molar-refractivity contribution in [2.75, 3.05) is 25.0 Å². The van der Waals surface area contributed by atoms with Gasteiger partial charge in [-0.05, 0) is 39.8 Å². The van der Waals surface area contributed by atoms with Crippen LogP contribution in [0.1, 0.15) is 42.2 Å². The molecule has 0 aromatic carbocycles. The quantitative estimate of drug-likeness (QED) is 0.859. The summed E-state index contributed by atoms with van der Waals surface area (Å²) in [6, 6.07) is 0.195. The van der Waals surface area contributed by atoms with Crippen LogP contribution < -0.4 is 5.32 Å². The van der Waals surface area contributed by atoms with Crippen molar-refractivity contribution in [3.05, 3.63) is 11.3 Å². The minimum Gasteiger partial charge on any atom is -0.477 e. The largest absolute Gasteiger partial charge is 0.477 e. The van der Waals surface area contributed by atoms with Gasteiger partial charge in [-0.25, -0.2) is 4.79 Å². The number of carbonyl (C=O) groups is 1. The maximum absolute atomic E-state index is 11.3. The third kappa shape index (κ3) is 3.30. The van der Waals surface area contributed by atoms with Crippen LogP contribution >= 0.6 is 0 Å². The summed E-state index contributed by atoms with van der Waals surface area (Å²) in [5, 5.41) is 16.8. The molecule has 20 heavy (non-hydrogen) atoms. The summed E-state index contributed by atoms with van der Waals surface area (Å²) in [7, 11) is 1.77. The third-order valence-electron chi connectivity index (χ3n) is 3.80. The highest BCUT2D eigenvalue weighted by molar-refractivity contribution is 5.94. The predicted octanol–water partition coefficient (Wildman–Crippen LogP) is 1.71. The Labute approximate surface area is 119 Å². The third-order valence-corrected chi connectivity index (χ3v) is 3.80. The number of aromatic nitrogens is 2. The summed E-state index contributed by atoms with van der Waals surface area (Å²) in [6.07, 6.45) is 3.85. The molecule has 1 fully saturated rings. The first-order valence-electron chi connectivity index (χ1n) is 7.25. The van der Waals surface area contributed by atoms with Crippen molar-refractivity contribution in [2.24, 2.45) is 7.05 Å². The van der Waals surface area contributed by atoms with Crippen molar-refractivity contribution in [3.8, 4) is 0 Å². The first-order chi connectivity index (χ1) is 9.49. The maximum Gasteiger partial charge on any atom is 0.341 e. The number of anilines is 1. The van der Waals surface area contributed by atoms with Gasteiger partial charge in [0.05, 0.1) is 5.69 Å². The second-order valence-corrected chi connectivity index (χ2v) is 5.64. The van der Waals surface area contributed by atoms with Crippen LogP contribution in [0.25, 0.3) is 0 Å². The Balaban J connectivity index is 2.03. The minimum absolute atomic E-state index is 0.195. The zero-order valence-corrected chi connectivity index (χ0v) is 12.5. The van der Waals surface area contributed by atoms with E-state index in [1.54, 1.807) is 18.7 Å². The normalized spacial score (nSPS) is 17.9. The van der Waals surface area contributed by atoms with E-state index in [0.717, 1.165) is 19.6 Å². The second kappa shape index (κ2) is 6.26. The molecule has 2 heterocycles. The van der Waals surface area contributed by atoms with Gasteiger partial charge in [-0.3, -0.25) is 4.68 Å². The number of aryl methyl sites for hydroxylation is 2. The highest BCUT2D eigenvalue weighted by Gasteiger charge is 2.21. The van der Waals surface area contributed by atoms with Gasteiger partial charge in [0, 0.05) is 19.6 Å². The van der Waals surface area contributed by atoms with Crippen LogP contribution in [0.3, 0.4) is 0 Å². The Kier molecular flexibility index (Phi) is 4.65. The van der Waals surface area contributed by atoms with Gasteiger partial charge in [-0.15, -0.1) is 0 Å². The van der Waals surface area contributed by atoms with Crippen LogP contribution in [0.2, 0.25) is 0 Å². The zero-order chi connectivity index (χ0) is 14.7. The Morgan fingerprint density at radius 1 is 1.40 bits per heavy atom. The topological polar surface area (TPSA) is 70.4 Å². The lowest BCUT2D eigenvalue weighted by Crippen LogP contribution is -2.38. The van der Waals surface area contributed by atoms with E-state index < -0.39 is 5.97 Å². The second-order valence-electron chi connectivity index (χ2n) is 5.64. The fourth-order valence-electron chi connectivity index (χ4n) is 2.89. The molecule has 2 rings (SSSR count). The lowest BCUT2D eigenvalue weighted by atomic mass is 10.1. The van der Waals surface area contributed by atoms with Crippen molar-refractivity contribution in [1.29, 1.82) is 0 Å². The van der Waals surface area contributed by atoms with Crippen molar-refractivity contribution in [2.45, 2.75) is 39.2 Å². The van der Waals surface area contributed by atoms with Gasteiger partial charge in [-0.1, -0.05) is 6.42 Å². The minimum atomic E-state index is -0.928. The first-order valence-corrected chi connectivity index (χ1v) is 7.25. The molecule has 1 aliphatic heterocycles. The van der Waals surface area contributed by atoms with Crippen LogP contribution in [-0.2, 0) is 7.05 Å². The molecule has 0 amide bonds. The predicted molar refractivity (Wildman–Crippen MR) is 78.3 cm³/mol. The first kappa shape index (κ1) is 14.8. The van der Waals surface area contributed by atoms with Gasteiger partial charge in [0.2, 0.25) is 0 Å². The van der Waals surface area contributed by atoms with Crippen LogP contribution in [0, 0.1) is 6.92 Å². The fourth-order valence-corrected chi connectivity index (χ4v) is 2.89. The number of nitrogens with zero attached hydrogens (tertiary/aromatic N) is 3. The molecule has 0 aliphatic carbocycles. The number of nitrogens with one attached hydrogen (secondary N) is 1. The van der Waals surface area contributed by atoms with Gasteiger partial charge in [0.1, 0.15) is 11.4 Å². The fraction of sp³-hybridized carbons (Fsp3) is 0.714. The molecule has 1 aromatic heterocycles. The van der Waals surface area contributed by atoms with E-state index in [1.165, 1.54) is 19.3 Å². The number of carboxylic acids is 1. The number of rotatable bonds is 5. The standard InChI is InChI=1S/C14H24N4O2/c1-10(9-18-7-5-4-6-8-18)15-13-12(14(19)20)11(2)16-17(13)3/h10,15H,4-9H2,1-3H3,(H,19,20). The lowest BCUT2D eigenvalue weighted by molar-refractivity contribution is 0.0697. The highest BCUT2D eigenvalue weighted by Crippen LogP contribution is 2.20. The van der Waals surface area contributed by atoms with Gasteiger partial charge in [0.25, 0.3) is 0 Å². The van der Waals surface area contributed by atoms with Gasteiger partial charge in [0.15, 0.2) is 0 Å². The molecule has 112 valence electrons. The number of aromatic carboxylic acids is 1. The zero-order valence-electron chi connectivity index (χ0n) is 12.5.